The lowest BCUT2D eigenvalue weighted by atomic mass is 9.99. The van der Waals surface area contributed by atoms with Crippen LogP contribution < -0.4 is 4.74 Å². The van der Waals surface area contributed by atoms with E-state index in [1.54, 1.807) is 11.7 Å². The minimum Gasteiger partial charge on any atom is -0.497 e. The molecule has 5 rings (SSSR count). The van der Waals surface area contributed by atoms with Gasteiger partial charge in [0.25, 0.3) is 0 Å². The molecule has 4 aromatic rings. The molecule has 1 aliphatic heterocycles. The third kappa shape index (κ3) is 5.12. The molecule has 0 amide bonds. The molecule has 1 saturated heterocycles. The summed E-state index contributed by atoms with van der Waals surface area (Å²) in [5.74, 6) is 0.873. The van der Waals surface area contributed by atoms with Gasteiger partial charge < -0.3 is 9.47 Å². The van der Waals surface area contributed by atoms with Crippen LogP contribution in [0.5, 0.6) is 5.75 Å². The minimum absolute atomic E-state index is 0.282. The first-order valence-corrected chi connectivity index (χ1v) is 12.9. The summed E-state index contributed by atoms with van der Waals surface area (Å²) >= 11 is 0. The Kier molecular flexibility index (Phi) is 6.78. The van der Waals surface area contributed by atoms with E-state index in [2.05, 4.69) is 36.1 Å². The summed E-state index contributed by atoms with van der Waals surface area (Å²) in [6, 6.07) is 21.2. The van der Waals surface area contributed by atoms with Crippen LogP contribution in [0.4, 0.5) is 4.79 Å². The number of fused-ring (bicyclic) bond motifs is 1. The molecule has 6 heteroatoms. The van der Waals surface area contributed by atoms with Crippen LogP contribution in [-0.4, -0.2) is 39.8 Å². The largest absolute Gasteiger partial charge is 0.497 e. The summed E-state index contributed by atoms with van der Waals surface area (Å²) in [4.78, 5) is 20.3. The van der Waals surface area contributed by atoms with Crippen molar-refractivity contribution in [2.45, 2.75) is 58.2 Å². The van der Waals surface area contributed by atoms with Gasteiger partial charge in [-0.15, -0.1) is 0 Å². The third-order valence-corrected chi connectivity index (χ3v) is 7.14. The number of hydrogen-bond acceptors (Lipinski definition) is 5. The number of aromatic nitrogens is 2. The van der Waals surface area contributed by atoms with E-state index in [-0.39, 0.29) is 12.1 Å². The van der Waals surface area contributed by atoms with Gasteiger partial charge in [0.1, 0.15) is 11.4 Å². The highest BCUT2D eigenvalue weighted by molar-refractivity contribution is 6.00. The Bertz CT molecular complexity index is 1400. The molecule has 1 fully saturated rings. The molecule has 0 bridgehead atoms. The van der Waals surface area contributed by atoms with E-state index in [1.807, 2.05) is 69.6 Å². The number of hydrogen-bond donors (Lipinski definition) is 0. The average Bonchev–Trinajstić information content (AvgIpc) is 3.53. The first-order valence-electron chi connectivity index (χ1n) is 12.9. The maximum Gasteiger partial charge on any atom is 0.419 e. The normalized spacial score (nSPS) is 17.2. The van der Waals surface area contributed by atoms with Gasteiger partial charge in [0.05, 0.1) is 18.3 Å². The van der Waals surface area contributed by atoms with Crippen LogP contribution in [0.2, 0.25) is 0 Å². The Morgan fingerprint density at radius 2 is 1.84 bits per heavy atom. The lowest BCUT2D eigenvalue weighted by Crippen LogP contribution is -2.26. The highest BCUT2D eigenvalue weighted by atomic mass is 16.6. The Hall–Kier alpha value is -3.64. The molecule has 6 nitrogen and oxygen atoms in total. The molecule has 0 radical (unpaired) electrons. The van der Waals surface area contributed by atoms with Crippen molar-refractivity contribution >= 4 is 17.0 Å². The van der Waals surface area contributed by atoms with Crippen LogP contribution >= 0.6 is 0 Å². The number of nitrogens with zero attached hydrogens (tertiary/aromatic N) is 3. The van der Waals surface area contributed by atoms with Crippen LogP contribution in [0.3, 0.4) is 0 Å². The van der Waals surface area contributed by atoms with Crippen molar-refractivity contribution in [3.63, 3.8) is 0 Å². The second kappa shape index (κ2) is 10.0. The van der Waals surface area contributed by atoms with E-state index in [0.717, 1.165) is 47.3 Å². The molecule has 2 aromatic carbocycles. The van der Waals surface area contributed by atoms with Crippen molar-refractivity contribution < 1.29 is 14.3 Å². The fourth-order valence-electron chi connectivity index (χ4n) is 5.33. The summed E-state index contributed by atoms with van der Waals surface area (Å²) in [7, 11) is 1.70. The first kappa shape index (κ1) is 25.0. The van der Waals surface area contributed by atoms with Gasteiger partial charge in [-0.2, -0.15) is 0 Å². The van der Waals surface area contributed by atoms with Crippen LogP contribution in [-0.2, 0) is 4.74 Å². The number of pyridine rings is 1. The number of likely N-dealkylation sites (tertiary alicyclic amines) is 1. The molecule has 2 aromatic heterocycles. The number of methoxy groups -OCH3 is 1. The second-order valence-corrected chi connectivity index (χ2v) is 10.7. The van der Waals surface area contributed by atoms with E-state index in [9.17, 15) is 4.79 Å². The van der Waals surface area contributed by atoms with Gasteiger partial charge in [0, 0.05) is 35.4 Å². The number of benzene rings is 2. The smallest absolute Gasteiger partial charge is 0.419 e. The zero-order valence-corrected chi connectivity index (χ0v) is 22.3. The maximum absolute atomic E-state index is 13.0. The Morgan fingerprint density at radius 1 is 1.08 bits per heavy atom. The average molecular weight is 498 g/mol. The molecule has 0 N–H and O–H groups in total. The number of para-hydroxylation sites is 1. The maximum atomic E-state index is 13.0. The topological polar surface area (TPSA) is 56.6 Å². The van der Waals surface area contributed by atoms with Crippen LogP contribution in [0.1, 0.15) is 63.7 Å². The van der Waals surface area contributed by atoms with Crippen molar-refractivity contribution in [2.24, 2.45) is 0 Å². The van der Waals surface area contributed by atoms with Crippen molar-refractivity contribution in [1.29, 1.82) is 0 Å². The van der Waals surface area contributed by atoms with Gasteiger partial charge >= 0.3 is 6.09 Å². The van der Waals surface area contributed by atoms with Crippen molar-refractivity contribution in [3.8, 4) is 17.0 Å². The predicted octanol–water partition coefficient (Wildman–Crippen LogP) is 7.39. The fourth-order valence-corrected chi connectivity index (χ4v) is 5.33. The lowest BCUT2D eigenvalue weighted by Gasteiger charge is -2.31. The van der Waals surface area contributed by atoms with E-state index >= 15 is 0 Å². The highest BCUT2D eigenvalue weighted by Gasteiger charge is 2.31. The minimum atomic E-state index is -0.576. The summed E-state index contributed by atoms with van der Waals surface area (Å²) in [5.41, 5.74) is 4.55. The molecule has 3 heterocycles. The van der Waals surface area contributed by atoms with Gasteiger partial charge in [-0.05, 0) is 88.5 Å². The number of rotatable bonds is 5. The molecular formula is C31H35N3O3. The molecule has 1 aliphatic rings. The van der Waals surface area contributed by atoms with Crippen LogP contribution in [0.25, 0.3) is 22.2 Å². The Morgan fingerprint density at radius 3 is 2.57 bits per heavy atom. The lowest BCUT2D eigenvalue weighted by molar-refractivity contribution is 0.0544. The summed E-state index contributed by atoms with van der Waals surface area (Å²) in [6.45, 7) is 8.96. The number of carbonyl (C=O) groups excluding carboxylic acids is 1. The first-order chi connectivity index (χ1) is 17.7. The van der Waals surface area contributed by atoms with E-state index < -0.39 is 5.60 Å². The SMILES string of the molecule is COc1ccc(C(C)N2CCCC2c2ccnc(-c3cn(C(=O)OC(C)(C)C)c4ccccc34)c2)cc1. The predicted molar refractivity (Wildman–Crippen MR) is 147 cm³/mol. The fraction of sp³-hybridized carbons (Fsp3) is 0.355. The third-order valence-electron chi connectivity index (χ3n) is 7.14. The molecule has 0 aliphatic carbocycles. The molecule has 0 spiro atoms. The molecule has 192 valence electrons. The Balaban J connectivity index is 1.48. The van der Waals surface area contributed by atoms with Crippen molar-refractivity contribution in [1.82, 2.24) is 14.5 Å². The number of carbonyl (C=O) groups is 1. The van der Waals surface area contributed by atoms with Crippen LogP contribution in [0.15, 0.2) is 73.1 Å². The van der Waals surface area contributed by atoms with Gasteiger partial charge in [0.2, 0.25) is 0 Å². The molecule has 37 heavy (non-hydrogen) atoms. The Labute approximate surface area is 218 Å². The van der Waals surface area contributed by atoms with E-state index in [4.69, 9.17) is 14.5 Å². The molecule has 2 atom stereocenters. The molecular weight excluding hydrogens is 462 g/mol. The van der Waals surface area contributed by atoms with Gasteiger partial charge in [0.15, 0.2) is 0 Å². The van der Waals surface area contributed by atoms with E-state index in [0.29, 0.717) is 6.04 Å². The number of ether oxygens (including phenoxy) is 2. The zero-order chi connectivity index (χ0) is 26.2. The van der Waals surface area contributed by atoms with Crippen LogP contribution in [0, 0.1) is 0 Å². The molecule has 0 saturated carbocycles. The second-order valence-electron chi connectivity index (χ2n) is 10.7. The van der Waals surface area contributed by atoms with Gasteiger partial charge in [-0.1, -0.05) is 30.3 Å². The summed E-state index contributed by atoms with van der Waals surface area (Å²) < 4.78 is 12.6. The molecule has 2 unspecified atom stereocenters. The van der Waals surface area contributed by atoms with Gasteiger partial charge in [-0.25, -0.2) is 4.79 Å². The van der Waals surface area contributed by atoms with Gasteiger partial charge in [-0.3, -0.25) is 14.5 Å². The van der Waals surface area contributed by atoms with E-state index in [1.165, 1.54) is 11.1 Å². The summed E-state index contributed by atoms with van der Waals surface area (Å²) in [6.07, 6.45) is 5.61. The van der Waals surface area contributed by atoms with Crippen molar-refractivity contribution in [3.05, 3.63) is 84.2 Å². The quantitative estimate of drug-likeness (QED) is 0.288. The van der Waals surface area contributed by atoms with Crippen molar-refractivity contribution in [2.75, 3.05) is 13.7 Å². The summed E-state index contributed by atoms with van der Waals surface area (Å²) in [5, 5.41) is 0.980. The zero-order valence-electron chi connectivity index (χ0n) is 22.3. The monoisotopic (exact) mass is 497 g/mol. The highest BCUT2D eigenvalue weighted by Crippen LogP contribution is 2.40. The standard InChI is InChI=1S/C31H35N3O3/c1-21(22-12-14-24(36-5)15-13-22)33-18-8-11-28(33)23-16-17-32-27(19-23)26-20-34(30(35)37-31(2,3)4)29-10-7-6-9-25(26)29/h6-7,9-10,12-17,19-21,28H,8,11,18H2,1-5H3.